The first-order valence-corrected chi connectivity index (χ1v) is 11.2. The molecule has 0 saturated carbocycles. The summed E-state index contributed by atoms with van der Waals surface area (Å²) < 4.78 is 10.6. The van der Waals surface area contributed by atoms with E-state index in [1.807, 2.05) is 24.3 Å². The number of nitrogens with zero attached hydrogens (tertiary/aromatic N) is 4. The smallest absolute Gasteiger partial charge is 0.329 e. The first-order chi connectivity index (χ1) is 16.5. The number of nitrogens with one attached hydrogen (secondary N) is 1. The molecule has 0 aliphatic carbocycles. The number of piperidine rings is 1. The van der Waals surface area contributed by atoms with Crippen molar-refractivity contribution in [1.82, 2.24) is 10.2 Å². The molecule has 0 bridgehead atoms. The predicted molar refractivity (Wildman–Crippen MR) is 128 cm³/mol. The second-order valence-corrected chi connectivity index (χ2v) is 8.37. The number of anilines is 2. The highest BCUT2D eigenvalue weighted by Gasteiger charge is 2.24. The lowest BCUT2D eigenvalue weighted by Crippen LogP contribution is -2.38. The standard InChI is InChI=1S/C24H24ClN5O4/c1-33-21-5-3-16(11-20(21)25)13-27-23-19-10-15(12-26)2-4-18(19)24(29-28-23)30-8-6-17(7-9-30)34-14-22(31)32/h2-5,10-11,17H,6-9,13-14H2,1H3,(H,27,28)(H,31,32). The SMILES string of the molecule is COc1ccc(CNc2nnc(N3CCC(OCC(=O)O)CC3)c3ccc(C#N)cc23)cc1Cl. The van der Waals surface area contributed by atoms with Crippen LogP contribution in [0, 0.1) is 11.3 Å². The molecule has 2 N–H and O–H groups in total. The van der Waals surface area contributed by atoms with Crippen LogP contribution in [-0.4, -0.2) is 54.2 Å². The van der Waals surface area contributed by atoms with Gasteiger partial charge in [0.25, 0.3) is 0 Å². The van der Waals surface area contributed by atoms with Gasteiger partial charge in [-0.2, -0.15) is 5.26 Å². The Labute approximate surface area is 201 Å². The highest BCUT2D eigenvalue weighted by Crippen LogP contribution is 2.32. The molecule has 1 aliphatic heterocycles. The van der Waals surface area contributed by atoms with Crippen molar-refractivity contribution in [3.05, 3.63) is 52.5 Å². The normalized spacial score (nSPS) is 14.1. The molecular weight excluding hydrogens is 458 g/mol. The van der Waals surface area contributed by atoms with Gasteiger partial charge in [-0.3, -0.25) is 0 Å². The fourth-order valence-electron chi connectivity index (χ4n) is 4.00. The Morgan fingerprint density at radius 2 is 2.03 bits per heavy atom. The topological polar surface area (TPSA) is 121 Å². The van der Waals surface area contributed by atoms with Gasteiger partial charge in [0.2, 0.25) is 0 Å². The second-order valence-electron chi connectivity index (χ2n) is 7.96. The molecule has 0 spiro atoms. The van der Waals surface area contributed by atoms with E-state index in [2.05, 4.69) is 26.5 Å². The lowest BCUT2D eigenvalue weighted by atomic mass is 10.1. The number of ether oxygens (including phenoxy) is 2. The summed E-state index contributed by atoms with van der Waals surface area (Å²) in [4.78, 5) is 12.9. The zero-order valence-corrected chi connectivity index (χ0v) is 19.4. The molecule has 4 rings (SSSR count). The van der Waals surface area contributed by atoms with Crippen molar-refractivity contribution in [1.29, 1.82) is 5.26 Å². The number of hydrogen-bond acceptors (Lipinski definition) is 8. The van der Waals surface area contributed by atoms with E-state index in [0.717, 1.165) is 22.2 Å². The predicted octanol–water partition coefficient (Wildman–Crippen LogP) is 3.85. The monoisotopic (exact) mass is 481 g/mol. The average Bonchev–Trinajstić information content (AvgIpc) is 2.86. The van der Waals surface area contributed by atoms with Crippen LogP contribution in [-0.2, 0) is 16.1 Å². The number of hydrogen-bond donors (Lipinski definition) is 2. The summed E-state index contributed by atoms with van der Waals surface area (Å²) >= 11 is 6.24. The first kappa shape index (κ1) is 23.5. The van der Waals surface area contributed by atoms with Crippen LogP contribution in [0.3, 0.4) is 0 Å². The van der Waals surface area contributed by atoms with Crippen molar-refractivity contribution < 1.29 is 19.4 Å². The third kappa shape index (κ3) is 5.30. The Balaban J connectivity index is 1.55. The molecule has 0 unspecified atom stereocenters. The van der Waals surface area contributed by atoms with E-state index in [1.165, 1.54) is 0 Å². The number of rotatable bonds is 8. The van der Waals surface area contributed by atoms with Gasteiger partial charge in [-0.1, -0.05) is 17.7 Å². The number of carboxylic acid groups (broad SMARTS) is 1. The number of fused-ring (bicyclic) bond motifs is 1. The zero-order chi connectivity index (χ0) is 24.1. The highest BCUT2D eigenvalue weighted by molar-refractivity contribution is 6.32. The fraction of sp³-hybridized carbons (Fsp3) is 0.333. The molecule has 1 fully saturated rings. The Morgan fingerprint density at radius 1 is 1.24 bits per heavy atom. The van der Waals surface area contributed by atoms with Crippen LogP contribution < -0.4 is 15.0 Å². The molecule has 2 aromatic carbocycles. The summed E-state index contributed by atoms with van der Waals surface area (Å²) in [5.74, 6) is 0.945. The van der Waals surface area contributed by atoms with E-state index >= 15 is 0 Å². The third-order valence-corrected chi connectivity index (χ3v) is 6.04. The number of aliphatic carboxylic acids is 1. The van der Waals surface area contributed by atoms with Crippen molar-refractivity contribution in [3.63, 3.8) is 0 Å². The number of nitriles is 1. The lowest BCUT2D eigenvalue weighted by Gasteiger charge is -2.32. The molecule has 1 saturated heterocycles. The molecule has 1 aliphatic rings. The zero-order valence-electron chi connectivity index (χ0n) is 18.6. The maximum Gasteiger partial charge on any atom is 0.329 e. The number of benzene rings is 2. The number of carboxylic acids is 1. The summed E-state index contributed by atoms with van der Waals surface area (Å²) in [6, 6.07) is 13.2. The van der Waals surface area contributed by atoms with Gasteiger partial charge in [0.05, 0.1) is 29.9 Å². The molecule has 9 nitrogen and oxygen atoms in total. The van der Waals surface area contributed by atoms with Crippen LogP contribution >= 0.6 is 11.6 Å². The van der Waals surface area contributed by atoms with Crippen molar-refractivity contribution >= 4 is 40.0 Å². The summed E-state index contributed by atoms with van der Waals surface area (Å²) in [5, 5.41) is 32.7. The second kappa shape index (κ2) is 10.5. The van der Waals surface area contributed by atoms with Crippen LogP contribution in [0.2, 0.25) is 5.02 Å². The van der Waals surface area contributed by atoms with Gasteiger partial charge in [0, 0.05) is 30.4 Å². The van der Waals surface area contributed by atoms with Gasteiger partial charge >= 0.3 is 5.97 Å². The molecule has 1 aromatic heterocycles. The first-order valence-electron chi connectivity index (χ1n) is 10.8. The molecule has 0 amide bonds. The minimum Gasteiger partial charge on any atom is -0.495 e. The molecule has 0 atom stereocenters. The van der Waals surface area contributed by atoms with E-state index in [4.69, 9.17) is 26.2 Å². The Kier molecular flexibility index (Phi) is 7.30. The van der Waals surface area contributed by atoms with Crippen LogP contribution in [0.15, 0.2) is 36.4 Å². The van der Waals surface area contributed by atoms with Gasteiger partial charge in [-0.05, 0) is 48.7 Å². The molecule has 10 heteroatoms. The van der Waals surface area contributed by atoms with E-state index in [9.17, 15) is 10.1 Å². The average molecular weight is 482 g/mol. The molecule has 176 valence electrons. The van der Waals surface area contributed by atoms with E-state index in [-0.39, 0.29) is 12.7 Å². The number of methoxy groups -OCH3 is 1. The van der Waals surface area contributed by atoms with Gasteiger partial charge < -0.3 is 24.8 Å². The number of halogens is 1. The number of aromatic nitrogens is 2. The van der Waals surface area contributed by atoms with Gasteiger partial charge in [0.1, 0.15) is 12.4 Å². The molecule has 34 heavy (non-hydrogen) atoms. The summed E-state index contributed by atoms with van der Waals surface area (Å²) in [5.41, 5.74) is 1.48. The minimum absolute atomic E-state index is 0.0889. The van der Waals surface area contributed by atoms with Crippen LogP contribution in [0.25, 0.3) is 10.8 Å². The Bertz CT molecular complexity index is 1240. The summed E-state index contributed by atoms with van der Waals surface area (Å²) in [6.45, 7) is 1.52. The largest absolute Gasteiger partial charge is 0.495 e. The van der Waals surface area contributed by atoms with Gasteiger partial charge in [0.15, 0.2) is 11.6 Å². The van der Waals surface area contributed by atoms with Crippen molar-refractivity contribution in [2.75, 3.05) is 37.0 Å². The van der Waals surface area contributed by atoms with Crippen molar-refractivity contribution in [3.8, 4) is 11.8 Å². The van der Waals surface area contributed by atoms with Crippen LogP contribution in [0.1, 0.15) is 24.0 Å². The maximum absolute atomic E-state index is 10.8. The Morgan fingerprint density at radius 3 is 2.71 bits per heavy atom. The minimum atomic E-state index is -0.965. The maximum atomic E-state index is 10.8. The fourth-order valence-corrected chi connectivity index (χ4v) is 4.28. The van der Waals surface area contributed by atoms with E-state index < -0.39 is 5.97 Å². The van der Waals surface area contributed by atoms with E-state index in [0.29, 0.717) is 54.6 Å². The van der Waals surface area contributed by atoms with Crippen molar-refractivity contribution in [2.45, 2.75) is 25.5 Å². The molecular formula is C24H24ClN5O4. The van der Waals surface area contributed by atoms with Crippen molar-refractivity contribution in [2.24, 2.45) is 0 Å². The third-order valence-electron chi connectivity index (χ3n) is 5.75. The quantitative estimate of drug-likeness (QED) is 0.494. The van der Waals surface area contributed by atoms with Gasteiger partial charge in [-0.15, -0.1) is 10.2 Å². The van der Waals surface area contributed by atoms with E-state index in [1.54, 1.807) is 19.2 Å². The molecule has 0 radical (unpaired) electrons. The summed E-state index contributed by atoms with van der Waals surface area (Å²) in [6.07, 6.45) is 1.31. The summed E-state index contributed by atoms with van der Waals surface area (Å²) in [7, 11) is 1.57. The Hall–Kier alpha value is -3.61. The highest BCUT2D eigenvalue weighted by atomic mass is 35.5. The molecule has 2 heterocycles. The number of carbonyl (C=O) groups is 1. The lowest BCUT2D eigenvalue weighted by molar-refractivity contribution is -0.144. The molecule has 3 aromatic rings. The van der Waals surface area contributed by atoms with Gasteiger partial charge in [-0.25, -0.2) is 4.79 Å². The van der Waals surface area contributed by atoms with Crippen LogP contribution in [0.4, 0.5) is 11.6 Å². The van der Waals surface area contributed by atoms with Crippen LogP contribution in [0.5, 0.6) is 5.75 Å².